The molecule has 1 unspecified atom stereocenters. The molecule has 1 fully saturated rings. The summed E-state index contributed by atoms with van der Waals surface area (Å²) < 4.78 is 0. The van der Waals surface area contributed by atoms with Gasteiger partial charge < -0.3 is 10.6 Å². The third-order valence-electron chi connectivity index (χ3n) is 3.92. The Kier molecular flexibility index (Phi) is 5.26. The molecular formula is C13H26N2O. The molecule has 0 radical (unpaired) electrons. The molecule has 94 valence electrons. The lowest BCUT2D eigenvalue weighted by Gasteiger charge is -2.37. The average molecular weight is 226 g/mol. The van der Waals surface area contributed by atoms with Crippen molar-refractivity contribution in [3.8, 4) is 0 Å². The van der Waals surface area contributed by atoms with E-state index < -0.39 is 0 Å². The van der Waals surface area contributed by atoms with E-state index in [2.05, 4.69) is 20.8 Å². The minimum Gasteiger partial charge on any atom is -0.338 e. The van der Waals surface area contributed by atoms with Gasteiger partial charge in [0.2, 0.25) is 5.91 Å². The Balaban J connectivity index is 2.63. The first kappa shape index (κ1) is 13.5. The van der Waals surface area contributed by atoms with Gasteiger partial charge in [0.15, 0.2) is 0 Å². The molecule has 1 aliphatic rings. The second-order valence-electron chi connectivity index (χ2n) is 5.00. The molecule has 3 nitrogen and oxygen atoms in total. The van der Waals surface area contributed by atoms with Gasteiger partial charge in [0, 0.05) is 12.6 Å². The predicted molar refractivity (Wildman–Crippen MR) is 67.1 cm³/mol. The average Bonchev–Trinajstić information content (AvgIpc) is 2.35. The van der Waals surface area contributed by atoms with Gasteiger partial charge in [0.05, 0.1) is 6.04 Å². The van der Waals surface area contributed by atoms with Crippen LogP contribution in [-0.4, -0.2) is 29.4 Å². The predicted octanol–water partition coefficient (Wildman–Crippen LogP) is 2.15. The third kappa shape index (κ3) is 2.97. The summed E-state index contributed by atoms with van der Waals surface area (Å²) in [5.41, 5.74) is 6.03. The van der Waals surface area contributed by atoms with Crippen LogP contribution in [0.2, 0.25) is 0 Å². The van der Waals surface area contributed by atoms with Crippen LogP contribution in [0.3, 0.4) is 0 Å². The van der Waals surface area contributed by atoms with Crippen LogP contribution in [0.25, 0.3) is 0 Å². The fourth-order valence-electron chi connectivity index (χ4n) is 2.40. The van der Waals surface area contributed by atoms with Crippen LogP contribution in [0.15, 0.2) is 0 Å². The number of carbonyl (C=O) groups excluding carboxylic acids is 1. The Bertz CT molecular complexity index is 230. The zero-order chi connectivity index (χ0) is 12.1. The molecular weight excluding hydrogens is 200 g/mol. The van der Waals surface area contributed by atoms with E-state index in [4.69, 9.17) is 5.73 Å². The van der Waals surface area contributed by atoms with E-state index in [1.165, 1.54) is 6.42 Å². The van der Waals surface area contributed by atoms with Crippen LogP contribution in [-0.2, 0) is 4.79 Å². The highest BCUT2D eigenvalue weighted by Crippen LogP contribution is 2.21. The minimum absolute atomic E-state index is 0.168. The summed E-state index contributed by atoms with van der Waals surface area (Å²) in [6.07, 6.45) is 5.56. The van der Waals surface area contributed by atoms with Gasteiger partial charge in [0.1, 0.15) is 0 Å². The van der Waals surface area contributed by atoms with E-state index in [1.807, 2.05) is 4.90 Å². The number of hydrogen-bond acceptors (Lipinski definition) is 2. The lowest BCUT2D eigenvalue weighted by Crippen LogP contribution is -2.52. The van der Waals surface area contributed by atoms with Crippen molar-refractivity contribution in [1.82, 2.24) is 4.90 Å². The van der Waals surface area contributed by atoms with E-state index >= 15 is 0 Å². The summed E-state index contributed by atoms with van der Waals surface area (Å²) in [5, 5.41) is 0. The molecule has 1 amide bonds. The molecule has 2 N–H and O–H groups in total. The van der Waals surface area contributed by atoms with Crippen LogP contribution in [0.1, 0.15) is 52.9 Å². The Hall–Kier alpha value is -0.570. The Morgan fingerprint density at radius 2 is 2.12 bits per heavy atom. The molecule has 1 rings (SSSR count). The lowest BCUT2D eigenvalue weighted by molar-refractivity contribution is -0.137. The number of nitrogens with zero attached hydrogens (tertiary/aromatic N) is 1. The molecule has 3 atom stereocenters. The molecule has 16 heavy (non-hydrogen) atoms. The smallest absolute Gasteiger partial charge is 0.240 e. The molecule has 0 aliphatic carbocycles. The molecule has 0 spiro atoms. The second kappa shape index (κ2) is 6.24. The van der Waals surface area contributed by atoms with Gasteiger partial charge in [-0.25, -0.2) is 0 Å². The van der Waals surface area contributed by atoms with Crippen molar-refractivity contribution < 1.29 is 4.79 Å². The number of hydrogen-bond donors (Lipinski definition) is 1. The standard InChI is InChI=1S/C13H26N2O/c1-4-10(3)12(14)13(16)15-9-7-6-8-11(15)5-2/h10-12H,4-9,14H2,1-3H3/t10-,11?,12-/m0/s1. The highest BCUT2D eigenvalue weighted by atomic mass is 16.2. The van der Waals surface area contributed by atoms with Crippen molar-refractivity contribution in [3.63, 3.8) is 0 Å². The maximum atomic E-state index is 12.3. The largest absolute Gasteiger partial charge is 0.338 e. The number of nitrogens with two attached hydrogens (primary N) is 1. The molecule has 1 aliphatic heterocycles. The third-order valence-corrected chi connectivity index (χ3v) is 3.92. The quantitative estimate of drug-likeness (QED) is 0.798. The molecule has 3 heteroatoms. The first-order valence-electron chi connectivity index (χ1n) is 6.67. The molecule has 1 saturated heterocycles. The van der Waals surface area contributed by atoms with E-state index in [0.717, 1.165) is 32.2 Å². The van der Waals surface area contributed by atoms with E-state index in [9.17, 15) is 4.79 Å². The van der Waals surface area contributed by atoms with Crippen molar-refractivity contribution in [2.75, 3.05) is 6.54 Å². The van der Waals surface area contributed by atoms with Crippen LogP contribution in [0.5, 0.6) is 0 Å². The fourth-order valence-corrected chi connectivity index (χ4v) is 2.40. The zero-order valence-corrected chi connectivity index (χ0v) is 10.9. The van der Waals surface area contributed by atoms with Crippen molar-refractivity contribution in [2.24, 2.45) is 11.7 Å². The normalized spacial score (nSPS) is 25.2. The molecule has 0 saturated carbocycles. The van der Waals surface area contributed by atoms with Gasteiger partial charge in [0.25, 0.3) is 0 Å². The van der Waals surface area contributed by atoms with Crippen molar-refractivity contribution in [3.05, 3.63) is 0 Å². The maximum Gasteiger partial charge on any atom is 0.240 e. The van der Waals surface area contributed by atoms with E-state index in [1.54, 1.807) is 0 Å². The van der Waals surface area contributed by atoms with Gasteiger partial charge in [-0.15, -0.1) is 0 Å². The topological polar surface area (TPSA) is 46.3 Å². The van der Waals surface area contributed by atoms with Crippen LogP contribution in [0.4, 0.5) is 0 Å². The summed E-state index contributed by atoms with van der Waals surface area (Å²) >= 11 is 0. The SMILES string of the molecule is CCC1CCCCN1C(=O)[C@@H](N)[C@@H](C)CC. The van der Waals surface area contributed by atoms with Crippen LogP contribution >= 0.6 is 0 Å². The summed E-state index contributed by atoms with van der Waals surface area (Å²) in [4.78, 5) is 14.3. The summed E-state index contributed by atoms with van der Waals surface area (Å²) in [6.45, 7) is 7.21. The van der Waals surface area contributed by atoms with E-state index in [0.29, 0.717) is 6.04 Å². The Morgan fingerprint density at radius 1 is 1.44 bits per heavy atom. The van der Waals surface area contributed by atoms with E-state index in [-0.39, 0.29) is 17.9 Å². The monoisotopic (exact) mass is 226 g/mol. The lowest BCUT2D eigenvalue weighted by atomic mass is 9.94. The zero-order valence-electron chi connectivity index (χ0n) is 10.9. The summed E-state index contributed by atoms with van der Waals surface area (Å²) in [5.74, 6) is 0.452. The number of piperidine rings is 1. The van der Waals surface area contributed by atoms with Gasteiger partial charge in [-0.1, -0.05) is 27.2 Å². The van der Waals surface area contributed by atoms with Crippen molar-refractivity contribution in [1.29, 1.82) is 0 Å². The first-order chi connectivity index (χ1) is 7.61. The summed E-state index contributed by atoms with van der Waals surface area (Å²) in [7, 11) is 0. The molecule has 0 aromatic heterocycles. The fraction of sp³-hybridized carbons (Fsp3) is 0.923. The van der Waals surface area contributed by atoms with Gasteiger partial charge in [-0.05, 0) is 31.6 Å². The van der Waals surface area contributed by atoms with Gasteiger partial charge in [-0.2, -0.15) is 0 Å². The number of likely N-dealkylation sites (tertiary alicyclic amines) is 1. The highest BCUT2D eigenvalue weighted by molar-refractivity contribution is 5.82. The number of rotatable bonds is 4. The van der Waals surface area contributed by atoms with Gasteiger partial charge >= 0.3 is 0 Å². The molecule has 0 bridgehead atoms. The molecule has 0 aromatic rings. The highest BCUT2D eigenvalue weighted by Gasteiger charge is 2.30. The number of carbonyl (C=O) groups is 1. The summed E-state index contributed by atoms with van der Waals surface area (Å²) in [6, 6.07) is 0.119. The van der Waals surface area contributed by atoms with Crippen molar-refractivity contribution in [2.45, 2.75) is 65.0 Å². The number of amides is 1. The van der Waals surface area contributed by atoms with Crippen LogP contribution < -0.4 is 5.73 Å². The van der Waals surface area contributed by atoms with Crippen molar-refractivity contribution >= 4 is 5.91 Å². The second-order valence-corrected chi connectivity index (χ2v) is 5.00. The van der Waals surface area contributed by atoms with Gasteiger partial charge in [-0.3, -0.25) is 4.79 Å². The van der Waals surface area contributed by atoms with Crippen LogP contribution in [0, 0.1) is 5.92 Å². The Morgan fingerprint density at radius 3 is 2.69 bits per heavy atom. The molecule has 0 aromatic carbocycles. The Labute approximate surface area is 99.4 Å². The first-order valence-corrected chi connectivity index (χ1v) is 6.67. The maximum absolute atomic E-state index is 12.3. The molecule has 1 heterocycles. The minimum atomic E-state index is -0.308.